The van der Waals surface area contributed by atoms with Gasteiger partial charge >= 0.3 is 5.97 Å². The molecule has 0 aromatic carbocycles. The van der Waals surface area contributed by atoms with Crippen LogP contribution in [0.5, 0.6) is 5.75 Å². The number of aromatic nitrogens is 2. The van der Waals surface area contributed by atoms with E-state index in [2.05, 4.69) is 15.3 Å². The summed E-state index contributed by atoms with van der Waals surface area (Å²) in [5, 5.41) is 2.99. The Balaban J connectivity index is 2.96. The van der Waals surface area contributed by atoms with E-state index in [0.29, 0.717) is 23.9 Å². The zero-order valence-electron chi connectivity index (χ0n) is 11.6. The molecule has 0 aliphatic carbocycles. The third-order valence-corrected chi connectivity index (χ3v) is 2.54. The predicted molar refractivity (Wildman–Crippen MR) is 71.9 cm³/mol. The van der Waals surface area contributed by atoms with Gasteiger partial charge in [-0.05, 0) is 12.3 Å². The zero-order valence-corrected chi connectivity index (χ0v) is 11.6. The van der Waals surface area contributed by atoms with Gasteiger partial charge in [0.05, 0.1) is 14.2 Å². The fourth-order valence-electron chi connectivity index (χ4n) is 1.68. The summed E-state index contributed by atoms with van der Waals surface area (Å²) in [6.45, 7) is 4.03. The largest absolute Gasteiger partial charge is 0.490 e. The molecule has 0 amide bonds. The molecule has 3 N–H and O–H groups in total. The van der Waals surface area contributed by atoms with Gasteiger partial charge in [0.2, 0.25) is 5.75 Å². The Morgan fingerprint density at radius 3 is 2.63 bits per heavy atom. The van der Waals surface area contributed by atoms with Crippen LogP contribution in [0.15, 0.2) is 6.33 Å². The molecule has 0 radical (unpaired) electrons. The van der Waals surface area contributed by atoms with Gasteiger partial charge in [0, 0.05) is 0 Å². The number of hydrogen-bond acceptors (Lipinski definition) is 7. The minimum absolute atomic E-state index is 0.216. The number of nitrogens with one attached hydrogen (secondary N) is 1. The van der Waals surface area contributed by atoms with E-state index < -0.39 is 6.04 Å². The monoisotopic (exact) mass is 268 g/mol. The number of ether oxygens (including phenoxy) is 2. The van der Waals surface area contributed by atoms with Gasteiger partial charge in [-0.1, -0.05) is 13.8 Å². The van der Waals surface area contributed by atoms with Crippen LogP contribution in [0.2, 0.25) is 0 Å². The number of carbonyl (C=O) groups excluding carboxylic acids is 1. The van der Waals surface area contributed by atoms with Crippen molar-refractivity contribution in [1.82, 2.24) is 9.97 Å². The third-order valence-electron chi connectivity index (χ3n) is 2.54. The third kappa shape index (κ3) is 3.97. The standard InChI is InChI=1S/C12H20N4O3/c1-7(2)5-8(12(17)19-4)16-11-9(18-3)10(13)14-6-15-11/h6-8H,5H2,1-4H3,(H3,13,14,15,16). The van der Waals surface area contributed by atoms with Crippen molar-refractivity contribution in [2.75, 3.05) is 25.3 Å². The van der Waals surface area contributed by atoms with Gasteiger partial charge in [-0.15, -0.1) is 0 Å². The van der Waals surface area contributed by atoms with Crippen molar-refractivity contribution in [2.45, 2.75) is 26.3 Å². The molecule has 1 aromatic heterocycles. The topological polar surface area (TPSA) is 99.4 Å². The zero-order chi connectivity index (χ0) is 14.4. The second-order valence-electron chi connectivity index (χ2n) is 4.49. The van der Waals surface area contributed by atoms with E-state index in [1.807, 2.05) is 13.8 Å². The van der Waals surface area contributed by atoms with Gasteiger partial charge in [0.1, 0.15) is 12.4 Å². The number of esters is 1. The molecule has 19 heavy (non-hydrogen) atoms. The van der Waals surface area contributed by atoms with Gasteiger partial charge in [0.15, 0.2) is 11.6 Å². The average Bonchev–Trinajstić information content (AvgIpc) is 2.36. The molecule has 0 fully saturated rings. The molecule has 7 heteroatoms. The molecule has 0 bridgehead atoms. The van der Waals surface area contributed by atoms with Crippen LogP contribution in [0.4, 0.5) is 11.6 Å². The summed E-state index contributed by atoms with van der Waals surface area (Å²) in [4.78, 5) is 19.6. The maximum Gasteiger partial charge on any atom is 0.328 e. The normalized spacial score (nSPS) is 12.1. The maximum atomic E-state index is 11.7. The number of carbonyl (C=O) groups is 1. The van der Waals surface area contributed by atoms with Crippen LogP contribution in [0, 0.1) is 5.92 Å². The number of anilines is 2. The Morgan fingerprint density at radius 2 is 2.11 bits per heavy atom. The summed E-state index contributed by atoms with van der Waals surface area (Å²) >= 11 is 0. The number of nitrogens with two attached hydrogens (primary N) is 1. The van der Waals surface area contributed by atoms with E-state index in [0.717, 1.165) is 0 Å². The highest BCUT2D eigenvalue weighted by Gasteiger charge is 2.23. The molecule has 1 heterocycles. The van der Waals surface area contributed by atoms with E-state index in [9.17, 15) is 4.79 Å². The summed E-state index contributed by atoms with van der Waals surface area (Å²) in [7, 11) is 2.82. The van der Waals surface area contributed by atoms with E-state index in [1.54, 1.807) is 0 Å². The fourth-order valence-corrected chi connectivity index (χ4v) is 1.68. The highest BCUT2D eigenvalue weighted by molar-refractivity contribution is 5.80. The molecule has 0 aliphatic rings. The van der Waals surface area contributed by atoms with Crippen molar-refractivity contribution in [3.05, 3.63) is 6.33 Å². The van der Waals surface area contributed by atoms with Gasteiger partial charge in [0.25, 0.3) is 0 Å². The van der Waals surface area contributed by atoms with Crippen LogP contribution in [0.3, 0.4) is 0 Å². The summed E-state index contributed by atoms with van der Waals surface area (Å²) in [5.74, 6) is 0.883. The summed E-state index contributed by atoms with van der Waals surface area (Å²) in [5.41, 5.74) is 5.69. The first-order valence-corrected chi connectivity index (χ1v) is 5.98. The lowest BCUT2D eigenvalue weighted by Gasteiger charge is -2.20. The van der Waals surface area contributed by atoms with Crippen molar-refractivity contribution >= 4 is 17.6 Å². The average molecular weight is 268 g/mol. The second-order valence-corrected chi connectivity index (χ2v) is 4.49. The molecule has 0 spiro atoms. The van der Waals surface area contributed by atoms with Crippen LogP contribution < -0.4 is 15.8 Å². The number of nitrogens with zero attached hydrogens (tertiary/aromatic N) is 2. The van der Waals surface area contributed by atoms with Crippen LogP contribution in [0.1, 0.15) is 20.3 Å². The number of hydrogen-bond donors (Lipinski definition) is 2. The van der Waals surface area contributed by atoms with Gasteiger partial charge in [-0.3, -0.25) is 0 Å². The molecular weight excluding hydrogens is 248 g/mol. The van der Waals surface area contributed by atoms with E-state index in [1.165, 1.54) is 20.5 Å². The molecule has 7 nitrogen and oxygen atoms in total. The molecule has 106 valence electrons. The van der Waals surface area contributed by atoms with Gasteiger partial charge in [-0.2, -0.15) is 0 Å². The number of nitrogen functional groups attached to an aromatic ring is 1. The molecule has 1 aromatic rings. The lowest BCUT2D eigenvalue weighted by molar-refractivity contribution is -0.141. The smallest absolute Gasteiger partial charge is 0.328 e. The second kappa shape index (κ2) is 6.77. The first kappa shape index (κ1) is 15.0. The predicted octanol–water partition coefficient (Wildman–Crippen LogP) is 1.07. The van der Waals surface area contributed by atoms with Crippen LogP contribution in [0.25, 0.3) is 0 Å². The number of rotatable bonds is 6. The van der Waals surface area contributed by atoms with Crippen LogP contribution in [-0.2, 0) is 9.53 Å². The van der Waals surface area contributed by atoms with Gasteiger partial charge in [-0.25, -0.2) is 14.8 Å². The van der Waals surface area contributed by atoms with Gasteiger partial charge < -0.3 is 20.5 Å². The Bertz CT molecular complexity index is 437. The fraction of sp³-hybridized carbons (Fsp3) is 0.583. The minimum atomic E-state index is -0.506. The van der Waals surface area contributed by atoms with Crippen molar-refractivity contribution in [3.63, 3.8) is 0 Å². The lowest BCUT2D eigenvalue weighted by atomic mass is 10.0. The maximum absolute atomic E-state index is 11.7. The van der Waals surface area contributed by atoms with E-state index >= 15 is 0 Å². The molecule has 1 atom stereocenters. The van der Waals surface area contributed by atoms with Crippen molar-refractivity contribution in [1.29, 1.82) is 0 Å². The molecule has 0 aliphatic heterocycles. The van der Waals surface area contributed by atoms with Crippen LogP contribution in [-0.4, -0.2) is 36.2 Å². The van der Waals surface area contributed by atoms with E-state index in [-0.39, 0.29) is 11.8 Å². The van der Waals surface area contributed by atoms with Crippen LogP contribution >= 0.6 is 0 Å². The first-order valence-electron chi connectivity index (χ1n) is 5.98. The summed E-state index contributed by atoms with van der Waals surface area (Å²) < 4.78 is 9.90. The molecular formula is C12H20N4O3. The number of methoxy groups -OCH3 is 2. The molecule has 1 unspecified atom stereocenters. The highest BCUT2D eigenvalue weighted by atomic mass is 16.5. The summed E-state index contributed by atoms with van der Waals surface area (Å²) in [6, 6.07) is -0.506. The lowest BCUT2D eigenvalue weighted by Crippen LogP contribution is -2.32. The Labute approximate surface area is 112 Å². The quantitative estimate of drug-likeness (QED) is 0.744. The van der Waals surface area contributed by atoms with Crippen molar-refractivity contribution in [3.8, 4) is 5.75 Å². The Kier molecular flexibility index (Phi) is 5.35. The Hall–Kier alpha value is -2.05. The van der Waals surface area contributed by atoms with Crippen molar-refractivity contribution < 1.29 is 14.3 Å². The molecule has 0 saturated carbocycles. The van der Waals surface area contributed by atoms with Crippen molar-refractivity contribution in [2.24, 2.45) is 5.92 Å². The highest BCUT2D eigenvalue weighted by Crippen LogP contribution is 2.27. The van der Waals surface area contributed by atoms with E-state index in [4.69, 9.17) is 15.2 Å². The molecule has 1 rings (SSSR count). The minimum Gasteiger partial charge on any atom is -0.490 e. The Morgan fingerprint density at radius 1 is 1.42 bits per heavy atom. The summed E-state index contributed by atoms with van der Waals surface area (Å²) in [6.07, 6.45) is 1.92. The first-order chi connectivity index (χ1) is 8.99. The SMILES string of the molecule is COC(=O)C(CC(C)C)Nc1ncnc(N)c1OC. The molecule has 0 saturated heterocycles.